The fourth-order valence-corrected chi connectivity index (χ4v) is 4.86. The predicted molar refractivity (Wildman–Crippen MR) is 160 cm³/mol. The van der Waals surface area contributed by atoms with Crippen molar-refractivity contribution in [1.82, 2.24) is 20.1 Å². The molecule has 0 saturated carbocycles. The van der Waals surface area contributed by atoms with Crippen molar-refractivity contribution in [1.29, 1.82) is 0 Å². The van der Waals surface area contributed by atoms with Crippen LogP contribution in [0.1, 0.15) is 37.6 Å². The van der Waals surface area contributed by atoms with Crippen molar-refractivity contribution in [2.75, 3.05) is 28.2 Å². The van der Waals surface area contributed by atoms with Gasteiger partial charge in [0.15, 0.2) is 0 Å². The van der Waals surface area contributed by atoms with Gasteiger partial charge in [0, 0.05) is 36.0 Å². The van der Waals surface area contributed by atoms with E-state index in [0.29, 0.717) is 23.0 Å². The third-order valence-electron chi connectivity index (χ3n) is 6.41. The van der Waals surface area contributed by atoms with Crippen molar-refractivity contribution in [3.63, 3.8) is 0 Å². The van der Waals surface area contributed by atoms with Crippen molar-refractivity contribution in [2.45, 2.75) is 39.2 Å². The number of carbonyl (C=O) groups is 1. The highest BCUT2D eigenvalue weighted by atomic mass is 32.2. The average Bonchev–Trinajstić information content (AvgIpc) is 3.33. The molecule has 2 aromatic carbocycles. The molecule has 41 heavy (non-hydrogen) atoms. The molecule has 5 rings (SSSR count). The molecule has 0 bridgehead atoms. The Balaban J connectivity index is 1.29. The molecule has 3 heterocycles. The molecule has 0 spiro atoms. The van der Waals surface area contributed by atoms with Crippen molar-refractivity contribution >= 4 is 33.4 Å². The Hall–Kier alpha value is -4.42. The van der Waals surface area contributed by atoms with Gasteiger partial charge in [-0.2, -0.15) is 5.10 Å². The minimum atomic E-state index is -3.46. The molecule has 11 nitrogen and oxygen atoms in total. The summed E-state index contributed by atoms with van der Waals surface area (Å²) in [5.74, 6) is 1.63. The number of ether oxygens (including phenoxy) is 1. The van der Waals surface area contributed by atoms with Crippen LogP contribution in [0.3, 0.4) is 0 Å². The average molecular weight is 576 g/mol. The monoisotopic (exact) mass is 575 g/mol. The third kappa shape index (κ3) is 7.21. The van der Waals surface area contributed by atoms with Gasteiger partial charge in [-0.1, -0.05) is 26.8 Å². The lowest BCUT2D eigenvalue weighted by atomic mass is 9.92. The van der Waals surface area contributed by atoms with Gasteiger partial charge in [0.1, 0.15) is 23.1 Å². The molecule has 214 valence electrons. The molecular formula is C29H33N7O4S. The normalized spacial score (nSPS) is 13.3. The van der Waals surface area contributed by atoms with Gasteiger partial charge in [-0.25, -0.2) is 22.9 Å². The Bertz CT molecular complexity index is 1680. The van der Waals surface area contributed by atoms with Gasteiger partial charge in [-0.05, 0) is 66.6 Å². The number of nitrogens with zero attached hydrogens (tertiary/aromatic N) is 3. The number of aromatic nitrogens is 3. The van der Waals surface area contributed by atoms with Gasteiger partial charge >= 0.3 is 6.03 Å². The summed E-state index contributed by atoms with van der Waals surface area (Å²) < 4.78 is 32.8. The topological polar surface area (TPSA) is 139 Å². The van der Waals surface area contributed by atoms with Crippen molar-refractivity contribution in [3.8, 4) is 17.2 Å². The first-order valence-electron chi connectivity index (χ1n) is 13.2. The zero-order chi connectivity index (χ0) is 29.2. The molecule has 12 heteroatoms. The molecule has 2 aromatic heterocycles. The maximum atomic E-state index is 13.0. The second-order valence-electron chi connectivity index (χ2n) is 10.9. The van der Waals surface area contributed by atoms with E-state index in [2.05, 4.69) is 58.6 Å². The van der Waals surface area contributed by atoms with Gasteiger partial charge in [0.2, 0.25) is 10.0 Å². The summed E-state index contributed by atoms with van der Waals surface area (Å²) in [6.07, 6.45) is 3.44. The molecule has 1 aliphatic heterocycles. The van der Waals surface area contributed by atoms with E-state index in [-0.39, 0.29) is 11.2 Å². The van der Waals surface area contributed by atoms with Crippen LogP contribution in [0.2, 0.25) is 0 Å². The number of urea groups is 1. The van der Waals surface area contributed by atoms with Crippen molar-refractivity contribution in [3.05, 3.63) is 83.7 Å². The quantitative estimate of drug-likeness (QED) is 0.243. The summed E-state index contributed by atoms with van der Waals surface area (Å²) in [5, 5.41) is 14.0. The van der Waals surface area contributed by atoms with Crippen LogP contribution < -0.4 is 25.4 Å². The summed E-state index contributed by atoms with van der Waals surface area (Å²) in [5.41, 5.74) is 4.66. The van der Waals surface area contributed by atoms with Gasteiger partial charge in [-0.15, -0.1) is 0 Å². The number of rotatable bonds is 7. The number of sulfonamides is 1. The maximum absolute atomic E-state index is 13.0. The first-order chi connectivity index (χ1) is 19.4. The van der Waals surface area contributed by atoms with Gasteiger partial charge < -0.3 is 15.4 Å². The molecule has 4 N–H and O–H groups in total. The fourth-order valence-electron chi connectivity index (χ4n) is 4.37. The molecular weight excluding hydrogens is 542 g/mol. The number of nitrogens with one attached hydrogen (secondary N) is 4. The number of anilines is 3. The van der Waals surface area contributed by atoms with E-state index in [1.54, 1.807) is 35.0 Å². The van der Waals surface area contributed by atoms with Crippen molar-refractivity contribution in [2.24, 2.45) is 0 Å². The Morgan fingerprint density at radius 2 is 1.76 bits per heavy atom. The van der Waals surface area contributed by atoms with E-state index in [0.717, 1.165) is 37.1 Å². The highest BCUT2D eigenvalue weighted by Crippen LogP contribution is 2.28. The third-order valence-corrected chi connectivity index (χ3v) is 6.99. The van der Waals surface area contributed by atoms with Gasteiger partial charge in [0.05, 0.1) is 17.6 Å². The van der Waals surface area contributed by atoms with E-state index in [4.69, 9.17) is 9.84 Å². The van der Waals surface area contributed by atoms with E-state index >= 15 is 0 Å². The summed E-state index contributed by atoms with van der Waals surface area (Å²) in [7, 11) is -3.46. The number of carbonyl (C=O) groups excluding carboxylic acids is 1. The Kier molecular flexibility index (Phi) is 7.70. The zero-order valence-corrected chi connectivity index (χ0v) is 24.2. The lowest BCUT2D eigenvalue weighted by molar-refractivity contribution is 0.262. The van der Waals surface area contributed by atoms with E-state index < -0.39 is 16.1 Å². The predicted octanol–water partition coefficient (Wildman–Crippen LogP) is 5.02. The first kappa shape index (κ1) is 28.1. The summed E-state index contributed by atoms with van der Waals surface area (Å²) in [6, 6.07) is 17.7. The Labute approximate surface area is 239 Å². The zero-order valence-electron chi connectivity index (χ0n) is 23.4. The van der Waals surface area contributed by atoms with Crippen LogP contribution in [-0.4, -0.2) is 42.0 Å². The van der Waals surface area contributed by atoms with Crippen LogP contribution >= 0.6 is 0 Å². The number of hydrogen-bond acceptors (Lipinski definition) is 7. The molecule has 0 fully saturated rings. The molecule has 0 radical (unpaired) electrons. The molecule has 0 atom stereocenters. The molecule has 1 aliphatic rings. The Morgan fingerprint density at radius 3 is 2.49 bits per heavy atom. The lowest BCUT2D eigenvalue weighted by Gasteiger charge is -2.18. The van der Waals surface area contributed by atoms with Crippen LogP contribution in [-0.2, 0) is 28.4 Å². The second-order valence-corrected chi connectivity index (χ2v) is 12.7. The molecule has 2 amide bonds. The van der Waals surface area contributed by atoms with E-state index in [9.17, 15) is 13.2 Å². The van der Waals surface area contributed by atoms with E-state index in [1.807, 2.05) is 12.1 Å². The van der Waals surface area contributed by atoms with Crippen LogP contribution in [0.15, 0.2) is 66.9 Å². The van der Waals surface area contributed by atoms with Crippen LogP contribution in [0.25, 0.3) is 5.69 Å². The SMILES string of the molecule is CC(C)(C)c1cc(NC(=O)Nc2ccc(Oc3ccnc(NS(C)(=O)=O)c3)cc2)n(-c2ccc3c(c2)CCNC3)n1. The highest BCUT2D eigenvalue weighted by Gasteiger charge is 2.22. The smallest absolute Gasteiger partial charge is 0.324 e. The van der Waals surface area contributed by atoms with E-state index in [1.165, 1.54) is 23.4 Å². The standard InChI is InChI=1S/C29H33N7O4S/c1-29(2,3)25-17-27(36(34-25)22-8-5-20-18-30-13-11-19(20)15-22)33-28(37)32-21-6-9-23(10-7-21)40-24-12-14-31-26(16-24)35-41(4,38)39/h5-10,12,14-17,30H,11,13,18H2,1-4H3,(H,31,35)(H2,32,33,37). The summed E-state index contributed by atoms with van der Waals surface area (Å²) in [4.78, 5) is 17.0. The van der Waals surface area contributed by atoms with Gasteiger partial charge in [0.25, 0.3) is 0 Å². The summed E-state index contributed by atoms with van der Waals surface area (Å²) >= 11 is 0. The number of pyridine rings is 1. The number of hydrogen-bond donors (Lipinski definition) is 4. The first-order valence-corrected chi connectivity index (χ1v) is 15.1. The number of benzene rings is 2. The highest BCUT2D eigenvalue weighted by molar-refractivity contribution is 7.92. The number of fused-ring (bicyclic) bond motifs is 1. The number of amides is 2. The molecule has 0 aliphatic carbocycles. The van der Waals surface area contributed by atoms with Crippen LogP contribution in [0.5, 0.6) is 11.5 Å². The lowest BCUT2D eigenvalue weighted by Crippen LogP contribution is -2.24. The van der Waals surface area contributed by atoms with Crippen molar-refractivity contribution < 1.29 is 17.9 Å². The minimum Gasteiger partial charge on any atom is -0.457 e. The minimum absolute atomic E-state index is 0.154. The molecule has 0 unspecified atom stereocenters. The Morgan fingerprint density at radius 1 is 0.976 bits per heavy atom. The largest absolute Gasteiger partial charge is 0.457 e. The second kappa shape index (κ2) is 11.2. The summed E-state index contributed by atoms with van der Waals surface area (Å²) in [6.45, 7) is 8.04. The molecule has 4 aromatic rings. The van der Waals surface area contributed by atoms with Gasteiger partial charge in [-0.3, -0.25) is 10.0 Å². The maximum Gasteiger partial charge on any atom is 0.324 e. The van der Waals surface area contributed by atoms with Crippen LogP contribution in [0, 0.1) is 0 Å². The fraction of sp³-hybridized carbons (Fsp3) is 0.276. The molecule has 0 saturated heterocycles. The van der Waals surface area contributed by atoms with Crippen LogP contribution in [0.4, 0.5) is 22.1 Å².